The smallest absolute Gasteiger partial charge is 0.246 e. The predicted octanol–water partition coefficient (Wildman–Crippen LogP) is 3.26. The van der Waals surface area contributed by atoms with E-state index in [-0.39, 0.29) is 23.5 Å². The average molecular weight is 320 g/mol. The molecule has 1 aliphatic rings. The van der Waals surface area contributed by atoms with Gasteiger partial charge in [0.05, 0.1) is 5.60 Å². The maximum absolute atomic E-state index is 11.7. The summed E-state index contributed by atoms with van der Waals surface area (Å²) in [5, 5.41) is 4.00. The number of rotatable bonds is 5. The third kappa shape index (κ3) is 5.70. The lowest BCUT2D eigenvalue weighted by molar-refractivity contribution is -0.131. The summed E-state index contributed by atoms with van der Waals surface area (Å²) in [5.41, 5.74) is 0.00489. The SMILES string of the molecule is CC(C)(C)OCC(=O)NCC1(CBr)CCCCC1. The van der Waals surface area contributed by atoms with Crippen molar-refractivity contribution in [2.45, 2.75) is 58.5 Å². The maximum Gasteiger partial charge on any atom is 0.246 e. The molecular weight excluding hydrogens is 294 g/mol. The molecule has 0 aromatic carbocycles. The Labute approximate surface area is 119 Å². The highest BCUT2D eigenvalue weighted by molar-refractivity contribution is 9.09. The number of amides is 1. The summed E-state index contributed by atoms with van der Waals surface area (Å²) in [4.78, 5) is 11.7. The van der Waals surface area contributed by atoms with Crippen molar-refractivity contribution in [3.8, 4) is 0 Å². The zero-order chi connectivity index (χ0) is 13.6. The summed E-state index contributed by atoms with van der Waals surface area (Å²) < 4.78 is 5.47. The largest absolute Gasteiger partial charge is 0.366 e. The van der Waals surface area contributed by atoms with Gasteiger partial charge in [-0.1, -0.05) is 35.2 Å². The van der Waals surface area contributed by atoms with Crippen LogP contribution in [0.1, 0.15) is 52.9 Å². The Morgan fingerprint density at radius 3 is 2.39 bits per heavy atom. The number of nitrogens with one attached hydrogen (secondary N) is 1. The molecule has 0 atom stereocenters. The van der Waals surface area contributed by atoms with Crippen molar-refractivity contribution in [1.29, 1.82) is 0 Å². The molecule has 4 heteroatoms. The standard InChI is InChI=1S/C14H26BrNO2/c1-13(2,3)18-9-12(17)16-11-14(10-15)7-5-4-6-8-14/h4-11H2,1-3H3,(H,16,17). The van der Waals surface area contributed by atoms with E-state index in [9.17, 15) is 4.79 Å². The molecule has 0 spiro atoms. The fraction of sp³-hybridized carbons (Fsp3) is 0.929. The molecule has 0 heterocycles. The predicted molar refractivity (Wildman–Crippen MR) is 78.0 cm³/mol. The Kier molecular flexibility index (Phi) is 6.12. The molecule has 1 N–H and O–H groups in total. The Bertz CT molecular complexity index is 267. The summed E-state index contributed by atoms with van der Waals surface area (Å²) in [6.45, 7) is 6.80. The lowest BCUT2D eigenvalue weighted by atomic mass is 9.75. The van der Waals surface area contributed by atoms with Gasteiger partial charge < -0.3 is 10.1 Å². The van der Waals surface area contributed by atoms with Crippen molar-refractivity contribution < 1.29 is 9.53 Å². The number of hydrogen-bond acceptors (Lipinski definition) is 2. The van der Waals surface area contributed by atoms with E-state index in [0.717, 1.165) is 11.9 Å². The van der Waals surface area contributed by atoms with Crippen LogP contribution in [-0.4, -0.2) is 30.0 Å². The van der Waals surface area contributed by atoms with Crippen LogP contribution in [0.25, 0.3) is 0 Å². The molecule has 1 rings (SSSR count). The third-order valence-corrected chi connectivity index (χ3v) is 4.68. The zero-order valence-corrected chi connectivity index (χ0v) is 13.4. The molecule has 1 fully saturated rings. The van der Waals surface area contributed by atoms with E-state index >= 15 is 0 Å². The number of alkyl halides is 1. The van der Waals surface area contributed by atoms with Crippen LogP contribution >= 0.6 is 15.9 Å². The summed E-state index contributed by atoms with van der Waals surface area (Å²) in [7, 11) is 0. The molecule has 1 saturated carbocycles. The van der Waals surface area contributed by atoms with Gasteiger partial charge in [0.1, 0.15) is 6.61 Å². The van der Waals surface area contributed by atoms with Gasteiger partial charge >= 0.3 is 0 Å². The van der Waals surface area contributed by atoms with Gasteiger partial charge in [-0.05, 0) is 39.0 Å². The average Bonchev–Trinajstić information content (AvgIpc) is 2.34. The van der Waals surface area contributed by atoms with Gasteiger partial charge in [-0.25, -0.2) is 0 Å². The monoisotopic (exact) mass is 319 g/mol. The number of carbonyl (C=O) groups excluding carboxylic acids is 1. The molecule has 18 heavy (non-hydrogen) atoms. The van der Waals surface area contributed by atoms with E-state index < -0.39 is 0 Å². The van der Waals surface area contributed by atoms with E-state index in [4.69, 9.17) is 4.74 Å². The molecule has 106 valence electrons. The highest BCUT2D eigenvalue weighted by Gasteiger charge is 2.31. The molecule has 1 amide bonds. The van der Waals surface area contributed by atoms with Crippen molar-refractivity contribution >= 4 is 21.8 Å². The van der Waals surface area contributed by atoms with E-state index in [1.807, 2.05) is 20.8 Å². The Morgan fingerprint density at radius 1 is 1.28 bits per heavy atom. The van der Waals surface area contributed by atoms with Crippen LogP contribution in [0.3, 0.4) is 0 Å². The normalized spacial score (nSPS) is 19.6. The molecule has 0 radical (unpaired) electrons. The second kappa shape index (κ2) is 6.90. The van der Waals surface area contributed by atoms with E-state index in [1.54, 1.807) is 0 Å². The van der Waals surface area contributed by atoms with Crippen LogP contribution < -0.4 is 5.32 Å². The Balaban J connectivity index is 2.32. The van der Waals surface area contributed by atoms with Crippen molar-refractivity contribution in [3.63, 3.8) is 0 Å². The van der Waals surface area contributed by atoms with Gasteiger partial charge in [0.25, 0.3) is 0 Å². The quantitative estimate of drug-likeness (QED) is 0.790. The number of halogens is 1. The van der Waals surface area contributed by atoms with Crippen molar-refractivity contribution in [1.82, 2.24) is 5.32 Å². The van der Waals surface area contributed by atoms with Crippen LogP contribution in [-0.2, 0) is 9.53 Å². The van der Waals surface area contributed by atoms with Gasteiger partial charge in [-0.15, -0.1) is 0 Å². The minimum absolute atomic E-state index is 0.00387. The van der Waals surface area contributed by atoms with Crippen LogP contribution in [0.4, 0.5) is 0 Å². The topological polar surface area (TPSA) is 38.3 Å². The summed E-state index contributed by atoms with van der Waals surface area (Å²) in [5.74, 6) is -0.00387. The van der Waals surface area contributed by atoms with Crippen molar-refractivity contribution in [2.75, 3.05) is 18.5 Å². The minimum atomic E-state index is -0.255. The van der Waals surface area contributed by atoms with E-state index in [0.29, 0.717) is 0 Å². The number of ether oxygens (including phenoxy) is 1. The van der Waals surface area contributed by atoms with Crippen molar-refractivity contribution in [2.24, 2.45) is 5.41 Å². The van der Waals surface area contributed by atoms with Gasteiger partial charge in [0.2, 0.25) is 5.91 Å². The molecule has 0 unspecified atom stereocenters. The fourth-order valence-corrected chi connectivity index (χ4v) is 3.04. The van der Waals surface area contributed by atoms with Gasteiger partial charge in [-0.3, -0.25) is 4.79 Å². The minimum Gasteiger partial charge on any atom is -0.366 e. The summed E-state index contributed by atoms with van der Waals surface area (Å²) in [6.07, 6.45) is 6.30. The molecule has 0 bridgehead atoms. The van der Waals surface area contributed by atoms with Crippen LogP contribution in [0, 0.1) is 5.41 Å². The van der Waals surface area contributed by atoms with E-state index in [2.05, 4.69) is 21.2 Å². The second-order valence-electron chi connectivity index (χ2n) is 6.37. The Morgan fingerprint density at radius 2 is 1.89 bits per heavy atom. The Hall–Kier alpha value is -0.0900. The maximum atomic E-state index is 11.7. The van der Waals surface area contributed by atoms with Gasteiger partial charge in [0, 0.05) is 11.9 Å². The third-order valence-electron chi connectivity index (χ3n) is 3.49. The lowest BCUT2D eigenvalue weighted by Gasteiger charge is -2.36. The van der Waals surface area contributed by atoms with Crippen LogP contribution in [0.5, 0.6) is 0 Å². The summed E-state index contributed by atoms with van der Waals surface area (Å²) in [6, 6.07) is 0. The highest BCUT2D eigenvalue weighted by atomic mass is 79.9. The van der Waals surface area contributed by atoms with Crippen LogP contribution in [0.2, 0.25) is 0 Å². The molecule has 0 aliphatic heterocycles. The first-order chi connectivity index (χ1) is 8.37. The summed E-state index contributed by atoms with van der Waals surface area (Å²) >= 11 is 3.61. The van der Waals surface area contributed by atoms with Crippen LogP contribution in [0.15, 0.2) is 0 Å². The molecule has 0 aromatic rings. The lowest BCUT2D eigenvalue weighted by Crippen LogP contribution is -2.42. The first-order valence-corrected chi connectivity index (χ1v) is 7.96. The number of carbonyl (C=O) groups is 1. The van der Waals surface area contributed by atoms with Gasteiger partial charge in [0.15, 0.2) is 0 Å². The van der Waals surface area contributed by atoms with Gasteiger partial charge in [-0.2, -0.15) is 0 Å². The highest BCUT2D eigenvalue weighted by Crippen LogP contribution is 2.37. The number of hydrogen-bond donors (Lipinski definition) is 1. The molecule has 0 aromatic heterocycles. The van der Waals surface area contributed by atoms with Crippen molar-refractivity contribution in [3.05, 3.63) is 0 Å². The first kappa shape index (κ1) is 16.0. The fourth-order valence-electron chi connectivity index (χ4n) is 2.28. The second-order valence-corrected chi connectivity index (χ2v) is 6.93. The molecular formula is C14H26BrNO2. The molecule has 3 nitrogen and oxygen atoms in total. The van der Waals surface area contributed by atoms with E-state index in [1.165, 1.54) is 32.1 Å². The zero-order valence-electron chi connectivity index (χ0n) is 11.9. The first-order valence-electron chi connectivity index (χ1n) is 6.84. The molecule has 1 aliphatic carbocycles. The molecule has 0 saturated heterocycles.